The zero-order valence-corrected chi connectivity index (χ0v) is 34.5. The fourth-order valence-electron chi connectivity index (χ4n) is 7.29. The number of fused-ring (bicyclic) bond motifs is 3. The van der Waals surface area contributed by atoms with E-state index in [1.165, 1.54) is 30.3 Å². The number of para-hydroxylation sites is 1. The van der Waals surface area contributed by atoms with Gasteiger partial charge in [0.25, 0.3) is 11.9 Å². The third-order valence-electron chi connectivity index (χ3n) is 10.2. The van der Waals surface area contributed by atoms with E-state index in [1.807, 2.05) is 54.1 Å². The number of ether oxygens (including phenoxy) is 2. The summed E-state index contributed by atoms with van der Waals surface area (Å²) in [5.74, 6) is -2.48. The Morgan fingerprint density at radius 2 is 1.91 bits per heavy atom. The molecule has 3 aliphatic rings. The Labute approximate surface area is 331 Å². The highest BCUT2D eigenvalue weighted by Gasteiger charge is 2.62. The maximum Gasteiger partial charge on any atom is 0.408 e. The van der Waals surface area contributed by atoms with Gasteiger partial charge in [0.2, 0.25) is 11.8 Å². The molecule has 2 aromatic heterocycles. The molecule has 3 aromatic rings. The molecule has 5 atom stereocenters. The molecule has 1 aromatic carbocycles. The number of rotatable bonds is 8. The second kappa shape index (κ2) is 16.1. The van der Waals surface area contributed by atoms with Crippen molar-refractivity contribution < 1.29 is 37.1 Å². The van der Waals surface area contributed by atoms with Crippen LogP contribution in [0.15, 0.2) is 41.2 Å². The maximum absolute atomic E-state index is 14.6. The number of nitrogens with zero attached hydrogens (tertiary/aromatic N) is 5. The summed E-state index contributed by atoms with van der Waals surface area (Å²) in [6.07, 6.45) is 5.62. The number of imidazole rings is 1. The summed E-state index contributed by atoms with van der Waals surface area (Å²) in [7, 11) is -1.58. The number of allylic oxidation sites excluding steroid dienone is 1. The number of hydrogen-bond donors (Lipinski definition) is 3. The van der Waals surface area contributed by atoms with E-state index in [1.54, 1.807) is 26.3 Å². The van der Waals surface area contributed by atoms with Crippen molar-refractivity contribution >= 4 is 56.4 Å². The minimum atomic E-state index is -4.17. The first-order chi connectivity index (χ1) is 26.4. The second-order valence-corrected chi connectivity index (χ2v) is 18.7. The first-order valence-electron chi connectivity index (χ1n) is 19.0. The van der Waals surface area contributed by atoms with Gasteiger partial charge in [0.15, 0.2) is 0 Å². The van der Waals surface area contributed by atoms with Crippen LogP contribution in [0.1, 0.15) is 85.6 Å². The largest absolute Gasteiger partial charge is 0.459 e. The average molecular weight is 813 g/mol. The monoisotopic (exact) mass is 812 g/mol. The number of hydrogen-bond acceptors (Lipinski definition) is 11. The molecule has 6 rings (SSSR count). The number of amides is 4. The van der Waals surface area contributed by atoms with Gasteiger partial charge in [-0.2, -0.15) is 17.7 Å². The number of alkyl carbamates (subject to hydrolysis) is 1. The highest BCUT2D eigenvalue weighted by Crippen LogP contribution is 2.46. The van der Waals surface area contributed by atoms with Crippen LogP contribution in [0.2, 0.25) is 0 Å². The van der Waals surface area contributed by atoms with Crippen molar-refractivity contribution in [1.29, 1.82) is 0 Å². The topological polar surface area (TPSA) is 194 Å². The van der Waals surface area contributed by atoms with Crippen molar-refractivity contribution in [3.8, 4) is 17.3 Å². The van der Waals surface area contributed by atoms with Crippen molar-refractivity contribution in [2.75, 3.05) is 20.6 Å². The first-order valence-corrected chi connectivity index (χ1v) is 21.4. The molecule has 56 heavy (non-hydrogen) atoms. The summed E-state index contributed by atoms with van der Waals surface area (Å²) in [6, 6.07) is 3.91. The summed E-state index contributed by atoms with van der Waals surface area (Å²) in [4.78, 5) is 66.6. The van der Waals surface area contributed by atoms with Gasteiger partial charge in [0, 0.05) is 43.4 Å². The molecule has 0 radical (unpaired) electrons. The van der Waals surface area contributed by atoms with Crippen LogP contribution in [-0.2, 0) is 29.3 Å². The molecule has 304 valence electrons. The first kappa shape index (κ1) is 41.1. The predicted molar refractivity (Wildman–Crippen MR) is 211 cm³/mol. The van der Waals surface area contributed by atoms with Gasteiger partial charge in [-0.15, -0.1) is 11.3 Å². The Morgan fingerprint density at radius 3 is 2.59 bits per heavy atom. The Kier molecular flexibility index (Phi) is 11.8. The van der Waals surface area contributed by atoms with Crippen molar-refractivity contribution in [2.24, 2.45) is 5.92 Å². The molecule has 0 bridgehead atoms. The predicted octanol–water partition coefficient (Wildman–Crippen LogP) is 4.30. The van der Waals surface area contributed by atoms with Crippen molar-refractivity contribution in [3.63, 3.8) is 0 Å². The fourth-order valence-corrected chi connectivity index (χ4v) is 8.44. The summed E-state index contributed by atoms with van der Waals surface area (Å²) >= 11 is 1.48. The molecule has 3 N–H and O–H groups in total. The van der Waals surface area contributed by atoms with Gasteiger partial charge in [-0.05, 0) is 66.4 Å². The SMILES string of the molecule is CC(C)n1c(O[C@@H]2C[C@H]3C(=O)N[C@]4(C(=O)NS(=O)(=O)N(C)C)C[C@H]4/C=C\CCCCC[C@H](NC(=O)OC(C)(C)C)C(=O)N3C2)nc2c(-c3cscn3)cccc21. The number of carbonyl (C=O) groups is 4. The second-order valence-electron chi connectivity index (χ2n) is 16.1. The smallest absolute Gasteiger partial charge is 0.408 e. The third kappa shape index (κ3) is 8.86. The van der Waals surface area contributed by atoms with E-state index in [0.29, 0.717) is 30.8 Å². The maximum atomic E-state index is 14.6. The van der Waals surface area contributed by atoms with Crippen molar-refractivity contribution in [1.82, 2.24) is 39.1 Å². The minimum Gasteiger partial charge on any atom is -0.459 e. The van der Waals surface area contributed by atoms with Gasteiger partial charge < -0.3 is 25.0 Å². The Hall–Kier alpha value is -4.55. The quantitative estimate of drug-likeness (QED) is 0.276. The van der Waals surface area contributed by atoms with E-state index in [-0.39, 0.29) is 25.4 Å². The van der Waals surface area contributed by atoms with Crippen LogP contribution in [0, 0.1) is 5.92 Å². The zero-order chi connectivity index (χ0) is 40.6. The molecule has 2 aliphatic heterocycles. The third-order valence-corrected chi connectivity index (χ3v) is 12.2. The van der Waals surface area contributed by atoms with Gasteiger partial charge >= 0.3 is 16.3 Å². The van der Waals surface area contributed by atoms with Crippen LogP contribution in [-0.4, -0.2) is 106 Å². The molecule has 0 spiro atoms. The summed E-state index contributed by atoms with van der Waals surface area (Å²) < 4.78 is 42.6. The van der Waals surface area contributed by atoms with Crippen LogP contribution in [0.25, 0.3) is 22.3 Å². The van der Waals surface area contributed by atoms with Crippen LogP contribution < -0.4 is 20.1 Å². The molecule has 16 nitrogen and oxygen atoms in total. The minimum absolute atomic E-state index is 0.0266. The number of aromatic nitrogens is 3. The van der Waals surface area contributed by atoms with Gasteiger partial charge in [0.1, 0.15) is 34.8 Å². The van der Waals surface area contributed by atoms with Gasteiger partial charge in [-0.1, -0.05) is 37.1 Å². The van der Waals surface area contributed by atoms with Crippen LogP contribution in [0.4, 0.5) is 4.79 Å². The van der Waals surface area contributed by atoms with Gasteiger partial charge in [-0.3, -0.25) is 19.0 Å². The van der Waals surface area contributed by atoms with E-state index in [4.69, 9.17) is 14.5 Å². The average Bonchev–Trinajstić information content (AvgIpc) is 3.51. The number of nitrogens with one attached hydrogen (secondary N) is 3. The number of carbonyl (C=O) groups excluding carboxylic acids is 4. The van der Waals surface area contributed by atoms with Crippen molar-refractivity contribution in [3.05, 3.63) is 41.2 Å². The Bertz CT molecular complexity index is 2090. The summed E-state index contributed by atoms with van der Waals surface area (Å²) in [6.45, 7) is 9.17. The van der Waals surface area contributed by atoms with Crippen molar-refractivity contribution in [2.45, 2.75) is 115 Å². The van der Waals surface area contributed by atoms with Crippen LogP contribution >= 0.6 is 11.3 Å². The highest BCUT2D eigenvalue weighted by atomic mass is 32.2. The molecular weight excluding hydrogens is 761 g/mol. The van der Waals surface area contributed by atoms with E-state index >= 15 is 0 Å². The van der Waals surface area contributed by atoms with Crippen LogP contribution in [0.3, 0.4) is 0 Å². The molecular formula is C38H52N8O8S2. The molecule has 2 fully saturated rings. The fraction of sp³-hybridized carbons (Fsp3) is 0.579. The molecule has 18 heteroatoms. The zero-order valence-electron chi connectivity index (χ0n) is 32.9. The molecule has 1 aliphatic carbocycles. The van der Waals surface area contributed by atoms with E-state index in [9.17, 15) is 27.6 Å². The molecule has 0 unspecified atom stereocenters. The molecule has 4 heterocycles. The van der Waals surface area contributed by atoms with E-state index in [2.05, 4.69) is 20.3 Å². The molecule has 4 amide bonds. The van der Waals surface area contributed by atoms with Gasteiger partial charge in [0.05, 0.1) is 23.3 Å². The lowest BCUT2D eigenvalue weighted by atomic mass is 10.0. The normalized spacial score (nSPS) is 25.5. The Morgan fingerprint density at radius 1 is 1.14 bits per heavy atom. The Balaban J connectivity index is 1.35. The summed E-state index contributed by atoms with van der Waals surface area (Å²) in [5, 5.41) is 7.56. The lowest BCUT2D eigenvalue weighted by Gasteiger charge is -2.30. The standard InChI is InChI=1S/C38H52N8O8S2/c1-23(2)46-29-17-13-15-26(28-21-55-22-39-28)31(29)41-35(46)53-25-18-30-32(47)42-38(34(49)43-56(51,52)44(6)7)19-24(38)14-11-9-8-10-12-16-27(33(48)45(30)20-25)40-36(50)54-37(3,4)5/h11,13-15,17,21-25,27,30H,8-10,12,16,18-20H2,1-7H3,(H,40,50)(H,42,47)(H,43,49)/b14-11-/t24-,25-,27+,30+,38-/m1/s1. The lowest BCUT2D eigenvalue weighted by Crippen LogP contribution is -2.58. The number of thiazole rings is 1. The summed E-state index contributed by atoms with van der Waals surface area (Å²) in [5.41, 5.74) is 2.53. The van der Waals surface area contributed by atoms with Crippen LogP contribution in [0.5, 0.6) is 6.01 Å². The number of benzene rings is 1. The lowest BCUT2D eigenvalue weighted by molar-refractivity contribution is -0.141. The highest BCUT2D eigenvalue weighted by molar-refractivity contribution is 7.87. The van der Waals surface area contributed by atoms with E-state index < -0.39 is 69.3 Å². The van der Waals surface area contributed by atoms with Gasteiger partial charge in [-0.25, -0.2) is 14.5 Å². The molecule has 1 saturated carbocycles. The molecule has 1 saturated heterocycles. The van der Waals surface area contributed by atoms with E-state index in [0.717, 1.165) is 33.9 Å².